The molecule has 2 heterocycles. The van der Waals surface area contributed by atoms with Crippen molar-refractivity contribution >= 4 is 33.4 Å². The van der Waals surface area contributed by atoms with E-state index in [-0.39, 0.29) is 11.6 Å². The number of nitrogens with zero attached hydrogens (tertiary/aromatic N) is 2. The zero-order valence-corrected chi connectivity index (χ0v) is 13.4. The minimum Gasteiger partial charge on any atom is -0.383 e. The first-order valence-electron chi connectivity index (χ1n) is 7.97. The molecule has 4 nitrogen and oxygen atoms in total. The van der Waals surface area contributed by atoms with E-state index in [4.69, 9.17) is 5.73 Å². The highest BCUT2D eigenvalue weighted by Crippen LogP contribution is 2.30. The van der Waals surface area contributed by atoms with Gasteiger partial charge in [-0.1, -0.05) is 18.2 Å². The molecular formula is C20H17N3O. The van der Waals surface area contributed by atoms with Gasteiger partial charge in [0.05, 0.1) is 5.56 Å². The molecule has 2 aromatic carbocycles. The number of rotatable bonds is 3. The molecule has 4 rings (SSSR count). The van der Waals surface area contributed by atoms with E-state index in [9.17, 15) is 4.79 Å². The van der Waals surface area contributed by atoms with Crippen LogP contribution >= 0.6 is 0 Å². The maximum absolute atomic E-state index is 12.8. The molecule has 0 spiro atoms. The number of nitrogens with two attached hydrogens (primary N) is 1. The largest absolute Gasteiger partial charge is 0.383 e. The Morgan fingerprint density at radius 3 is 2.62 bits per heavy atom. The average molecular weight is 315 g/mol. The van der Waals surface area contributed by atoms with Gasteiger partial charge in [0, 0.05) is 40.1 Å². The highest BCUT2D eigenvalue weighted by molar-refractivity contribution is 6.16. The second-order valence-corrected chi connectivity index (χ2v) is 5.76. The molecule has 0 fully saturated rings. The van der Waals surface area contributed by atoms with Gasteiger partial charge in [-0.25, -0.2) is 4.98 Å². The Morgan fingerprint density at radius 1 is 1.04 bits per heavy atom. The van der Waals surface area contributed by atoms with Crippen molar-refractivity contribution < 1.29 is 4.79 Å². The van der Waals surface area contributed by atoms with Crippen LogP contribution in [-0.4, -0.2) is 15.3 Å². The first-order valence-corrected chi connectivity index (χ1v) is 7.97. The van der Waals surface area contributed by atoms with Gasteiger partial charge in [0.2, 0.25) is 0 Å². The quantitative estimate of drug-likeness (QED) is 0.581. The van der Waals surface area contributed by atoms with E-state index in [1.54, 1.807) is 18.3 Å². The van der Waals surface area contributed by atoms with Crippen LogP contribution < -0.4 is 5.73 Å². The third-order valence-corrected chi connectivity index (χ3v) is 4.43. The number of benzene rings is 2. The summed E-state index contributed by atoms with van der Waals surface area (Å²) in [7, 11) is 0. The van der Waals surface area contributed by atoms with Gasteiger partial charge in [-0.2, -0.15) is 0 Å². The van der Waals surface area contributed by atoms with Gasteiger partial charge in [-0.05, 0) is 43.3 Å². The fourth-order valence-corrected chi connectivity index (χ4v) is 3.30. The van der Waals surface area contributed by atoms with Crippen LogP contribution in [0.1, 0.15) is 22.8 Å². The highest BCUT2D eigenvalue weighted by Gasteiger charge is 2.16. The van der Waals surface area contributed by atoms with E-state index >= 15 is 0 Å². The number of para-hydroxylation sites is 1. The van der Waals surface area contributed by atoms with Crippen LogP contribution in [0.2, 0.25) is 0 Å². The highest BCUT2D eigenvalue weighted by atomic mass is 16.1. The van der Waals surface area contributed by atoms with Gasteiger partial charge in [-0.15, -0.1) is 0 Å². The van der Waals surface area contributed by atoms with E-state index < -0.39 is 0 Å². The fourth-order valence-electron chi connectivity index (χ4n) is 3.30. The minimum atomic E-state index is -0.101. The maximum atomic E-state index is 12.8. The molecule has 2 aromatic heterocycles. The van der Waals surface area contributed by atoms with Crippen LogP contribution in [0.15, 0.2) is 60.8 Å². The molecule has 0 radical (unpaired) electrons. The predicted octanol–water partition coefficient (Wildman–Crippen LogP) is 4.02. The maximum Gasteiger partial charge on any atom is 0.196 e. The Hall–Kier alpha value is -3.14. The number of nitrogen functional groups attached to an aromatic ring is 1. The van der Waals surface area contributed by atoms with Crippen LogP contribution in [-0.2, 0) is 6.54 Å². The SMILES string of the molecule is CCn1c2ccccc2c2cc(C(=O)c3cccnc3N)ccc21. The van der Waals surface area contributed by atoms with Gasteiger partial charge in [0.25, 0.3) is 0 Å². The molecule has 0 bridgehead atoms. The third-order valence-electron chi connectivity index (χ3n) is 4.43. The first kappa shape index (κ1) is 14.5. The summed E-state index contributed by atoms with van der Waals surface area (Å²) in [5.74, 6) is 0.161. The number of aromatic nitrogens is 2. The second-order valence-electron chi connectivity index (χ2n) is 5.76. The van der Waals surface area contributed by atoms with Crippen LogP contribution in [0.3, 0.4) is 0 Å². The van der Waals surface area contributed by atoms with Crippen molar-refractivity contribution in [3.8, 4) is 0 Å². The lowest BCUT2D eigenvalue weighted by molar-refractivity contribution is 0.103. The molecule has 0 saturated heterocycles. The number of ketones is 1. The third kappa shape index (κ3) is 2.07. The smallest absolute Gasteiger partial charge is 0.196 e. The van der Waals surface area contributed by atoms with Crippen LogP contribution in [0.25, 0.3) is 21.8 Å². The van der Waals surface area contributed by atoms with E-state index in [1.165, 1.54) is 5.52 Å². The van der Waals surface area contributed by atoms with Gasteiger partial charge in [0.15, 0.2) is 5.78 Å². The fraction of sp³-hybridized carbons (Fsp3) is 0.100. The normalized spacial score (nSPS) is 11.2. The number of hydrogen-bond acceptors (Lipinski definition) is 3. The summed E-state index contributed by atoms with van der Waals surface area (Å²) in [6, 6.07) is 17.5. The molecule has 0 aliphatic heterocycles. The molecule has 0 aliphatic carbocycles. The molecule has 24 heavy (non-hydrogen) atoms. The van der Waals surface area contributed by atoms with Gasteiger partial charge in [-0.3, -0.25) is 4.79 Å². The van der Waals surface area contributed by atoms with Crippen LogP contribution in [0.4, 0.5) is 5.82 Å². The number of hydrogen-bond donors (Lipinski definition) is 1. The topological polar surface area (TPSA) is 60.9 Å². The number of anilines is 1. The van der Waals surface area contributed by atoms with E-state index in [1.807, 2.05) is 30.3 Å². The summed E-state index contributed by atoms with van der Waals surface area (Å²) < 4.78 is 2.26. The standard InChI is InChI=1S/C20H17N3O/c1-2-23-17-8-4-3-6-14(17)16-12-13(9-10-18(16)23)19(24)15-7-5-11-22-20(15)21/h3-12H,2H2,1H3,(H2,21,22). The molecular weight excluding hydrogens is 298 g/mol. The number of aryl methyl sites for hydroxylation is 1. The molecule has 2 N–H and O–H groups in total. The molecule has 0 atom stereocenters. The summed E-state index contributed by atoms with van der Waals surface area (Å²) in [5, 5.41) is 2.24. The number of pyridine rings is 1. The summed E-state index contributed by atoms with van der Waals surface area (Å²) >= 11 is 0. The number of carbonyl (C=O) groups excluding carboxylic acids is 1. The average Bonchev–Trinajstić information content (AvgIpc) is 2.94. The Morgan fingerprint density at radius 2 is 1.83 bits per heavy atom. The van der Waals surface area contributed by atoms with Crippen LogP contribution in [0, 0.1) is 0 Å². The lowest BCUT2D eigenvalue weighted by Gasteiger charge is -2.05. The Bertz CT molecular complexity index is 1080. The first-order chi connectivity index (χ1) is 11.7. The minimum absolute atomic E-state index is 0.101. The van der Waals surface area contributed by atoms with E-state index in [0.29, 0.717) is 11.1 Å². The van der Waals surface area contributed by atoms with Crippen molar-refractivity contribution in [3.05, 3.63) is 71.9 Å². The summed E-state index contributed by atoms with van der Waals surface area (Å²) in [4.78, 5) is 16.8. The van der Waals surface area contributed by atoms with Crippen molar-refractivity contribution in [2.24, 2.45) is 0 Å². The molecule has 4 aromatic rings. The van der Waals surface area contributed by atoms with Crippen molar-refractivity contribution in [2.75, 3.05) is 5.73 Å². The molecule has 0 saturated carbocycles. The van der Waals surface area contributed by atoms with Crippen LogP contribution in [0.5, 0.6) is 0 Å². The van der Waals surface area contributed by atoms with Crippen molar-refractivity contribution in [2.45, 2.75) is 13.5 Å². The molecule has 0 unspecified atom stereocenters. The second kappa shape index (κ2) is 5.49. The summed E-state index contributed by atoms with van der Waals surface area (Å²) in [6.07, 6.45) is 1.59. The predicted molar refractivity (Wildman–Crippen MR) is 97.2 cm³/mol. The Kier molecular flexibility index (Phi) is 3.31. The van der Waals surface area contributed by atoms with E-state index in [2.05, 4.69) is 28.6 Å². The summed E-state index contributed by atoms with van der Waals surface area (Å²) in [6.45, 7) is 3.01. The summed E-state index contributed by atoms with van der Waals surface area (Å²) in [5.41, 5.74) is 9.23. The lowest BCUT2D eigenvalue weighted by Crippen LogP contribution is -2.06. The van der Waals surface area contributed by atoms with Gasteiger partial charge < -0.3 is 10.3 Å². The lowest BCUT2D eigenvalue weighted by atomic mass is 10.0. The zero-order valence-electron chi connectivity index (χ0n) is 13.4. The Labute approximate surface area is 139 Å². The van der Waals surface area contributed by atoms with Gasteiger partial charge >= 0.3 is 0 Å². The molecule has 118 valence electrons. The zero-order chi connectivity index (χ0) is 16.7. The molecule has 4 heteroatoms. The van der Waals surface area contributed by atoms with E-state index in [0.717, 1.165) is 22.8 Å². The molecule has 0 aliphatic rings. The van der Waals surface area contributed by atoms with Crippen molar-refractivity contribution in [1.29, 1.82) is 0 Å². The van der Waals surface area contributed by atoms with Crippen molar-refractivity contribution in [1.82, 2.24) is 9.55 Å². The Balaban J connectivity index is 1.95. The monoisotopic (exact) mass is 315 g/mol. The number of fused-ring (bicyclic) bond motifs is 3. The van der Waals surface area contributed by atoms with Crippen molar-refractivity contribution in [3.63, 3.8) is 0 Å². The van der Waals surface area contributed by atoms with Gasteiger partial charge in [0.1, 0.15) is 5.82 Å². The number of carbonyl (C=O) groups is 1. The molecule has 0 amide bonds.